The second-order valence-electron chi connectivity index (χ2n) is 7.81. The minimum Gasteiger partial charge on any atom is -0.367 e. The van der Waals surface area contributed by atoms with Gasteiger partial charge in [-0.15, -0.1) is 0 Å². The maximum atomic E-state index is 12.9. The molecule has 7 heteroatoms. The molecule has 0 spiro atoms. The Hall–Kier alpha value is -2.67. The van der Waals surface area contributed by atoms with Crippen LogP contribution >= 0.6 is 11.6 Å². The summed E-state index contributed by atoms with van der Waals surface area (Å²) in [4.78, 5) is 15.3. The number of hydrogen-bond acceptors (Lipinski definition) is 4. The summed E-state index contributed by atoms with van der Waals surface area (Å²) in [6.07, 6.45) is 3.01. The lowest BCUT2D eigenvalue weighted by molar-refractivity contribution is -0.126. The standard InChI is InChI=1S/C24H27ClN4O2/c1-31-23(19-7-3-2-4-8-19)24(30)27-22-10-13-26-29(22)21-11-14-28(15-12-21)17-18-6-5-9-20(25)16-18/h2-10,13,16,21,23H,11-12,14-15,17H2,1H3,(H,27,30). The number of halogens is 1. The number of piperidine rings is 1. The van der Waals surface area contributed by atoms with Crippen molar-refractivity contribution in [2.24, 2.45) is 0 Å². The molecule has 0 radical (unpaired) electrons. The van der Waals surface area contributed by atoms with Crippen LogP contribution in [0.2, 0.25) is 5.02 Å². The highest BCUT2D eigenvalue weighted by Crippen LogP contribution is 2.27. The third-order valence-corrected chi connectivity index (χ3v) is 5.93. The number of nitrogens with one attached hydrogen (secondary N) is 1. The summed E-state index contributed by atoms with van der Waals surface area (Å²) in [6.45, 7) is 2.83. The highest BCUT2D eigenvalue weighted by atomic mass is 35.5. The van der Waals surface area contributed by atoms with Gasteiger partial charge in [0.05, 0.1) is 12.2 Å². The molecule has 1 aliphatic rings. The van der Waals surface area contributed by atoms with Crippen LogP contribution in [0.15, 0.2) is 66.9 Å². The van der Waals surface area contributed by atoms with Gasteiger partial charge >= 0.3 is 0 Å². The van der Waals surface area contributed by atoms with E-state index < -0.39 is 6.10 Å². The van der Waals surface area contributed by atoms with E-state index >= 15 is 0 Å². The molecule has 1 saturated heterocycles. The average Bonchev–Trinajstić information content (AvgIpc) is 3.23. The molecule has 1 atom stereocenters. The van der Waals surface area contributed by atoms with E-state index in [1.54, 1.807) is 13.3 Å². The number of amides is 1. The molecule has 4 rings (SSSR count). The maximum Gasteiger partial charge on any atom is 0.259 e. The predicted molar refractivity (Wildman–Crippen MR) is 122 cm³/mol. The van der Waals surface area contributed by atoms with Gasteiger partial charge in [0.2, 0.25) is 0 Å². The van der Waals surface area contributed by atoms with Gasteiger partial charge in [-0.2, -0.15) is 5.10 Å². The first-order valence-corrected chi connectivity index (χ1v) is 10.9. The van der Waals surface area contributed by atoms with Crippen molar-refractivity contribution in [2.45, 2.75) is 31.5 Å². The Bertz CT molecular complexity index is 1000. The maximum absolute atomic E-state index is 12.9. The second kappa shape index (κ2) is 10.1. The van der Waals surface area contributed by atoms with Gasteiger partial charge in [-0.05, 0) is 36.1 Å². The van der Waals surface area contributed by atoms with E-state index in [1.165, 1.54) is 5.56 Å². The Labute approximate surface area is 187 Å². The molecule has 0 bridgehead atoms. The van der Waals surface area contributed by atoms with Gasteiger partial charge in [0.25, 0.3) is 5.91 Å². The molecule has 2 aromatic carbocycles. The Morgan fingerprint density at radius 1 is 1.16 bits per heavy atom. The van der Waals surface area contributed by atoms with Crippen molar-refractivity contribution < 1.29 is 9.53 Å². The first-order chi connectivity index (χ1) is 15.1. The van der Waals surface area contributed by atoms with E-state index in [9.17, 15) is 4.79 Å². The highest BCUT2D eigenvalue weighted by Gasteiger charge is 2.25. The molecule has 0 aliphatic carbocycles. The fourth-order valence-electron chi connectivity index (χ4n) is 4.13. The van der Waals surface area contributed by atoms with Gasteiger partial charge in [0.1, 0.15) is 5.82 Å². The third-order valence-electron chi connectivity index (χ3n) is 5.70. The summed E-state index contributed by atoms with van der Waals surface area (Å²) in [5.74, 6) is 0.505. The van der Waals surface area contributed by atoms with Gasteiger partial charge in [-0.25, -0.2) is 4.68 Å². The van der Waals surface area contributed by atoms with Gasteiger partial charge < -0.3 is 10.1 Å². The van der Waals surface area contributed by atoms with E-state index in [4.69, 9.17) is 16.3 Å². The quantitative estimate of drug-likeness (QED) is 0.580. The SMILES string of the molecule is COC(C(=O)Nc1ccnn1C1CCN(Cc2cccc(Cl)c2)CC1)c1ccccc1. The van der Waals surface area contributed by atoms with Crippen LogP contribution in [-0.2, 0) is 16.1 Å². The van der Waals surface area contributed by atoms with E-state index in [0.717, 1.165) is 43.1 Å². The molecule has 1 fully saturated rings. The van der Waals surface area contributed by atoms with Crippen LogP contribution in [0, 0.1) is 0 Å². The van der Waals surface area contributed by atoms with Crippen molar-refractivity contribution in [1.82, 2.24) is 14.7 Å². The van der Waals surface area contributed by atoms with E-state index in [-0.39, 0.29) is 11.9 Å². The van der Waals surface area contributed by atoms with E-state index in [0.29, 0.717) is 5.82 Å². The van der Waals surface area contributed by atoms with Gasteiger partial charge in [0.15, 0.2) is 6.10 Å². The number of aromatic nitrogens is 2. The van der Waals surface area contributed by atoms with Crippen LogP contribution in [0.4, 0.5) is 5.82 Å². The molecule has 31 heavy (non-hydrogen) atoms. The van der Waals surface area contributed by atoms with Crippen LogP contribution in [0.25, 0.3) is 0 Å². The summed E-state index contributed by atoms with van der Waals surface area (Å²) in [5, 5.41) is 8.27. The molecular formula is C24H27ClN4O2. The van der Waals surface area contributed by atoms with Crippen molar-refractivity contribution in [3.63, 3.8) is 0 Å². The van der Waals surface area contributed by atoms with Crippen molar-refractivity contribution in [2.75, 3.05) is 25.5 Å². The van der Waals surface area contributed by atoms with Crippen molar-refractivity contribution in [3.05, 3.63) is 83.0 Å². The lowest BCUT2D eigenvalue weighted by atomic mass is 10.0. The smallest absolute Gasteiger partial charge is 0.259 e. The van der Waals surface area contributed by atoms with Crippen molar-refractivity contribution in [1.29, 1.82) is 0 Å². The number of nitrogens with zero attached hydrogens (tertiary/aromatic N) is 3. The predicted octanol–water partition coefficient (Wildman–Crippen LogP) is 4.70. The Balaban J connectivity index is 1.37. The van der Waals surface area contributed by atoms with Crippen molar-refractivity contribution in [3.8, 4) is 0 Å². The van der Waals surface area contributed by atoms with E-state index in [1.807, 2.05) is 59.3 Å². The molecule has 0 saturated carbocycles. The zero-order valence-electron chi connectivity index (χ0n) is 17.6. The summed E-state index contributed by atoms with van der Waals surface area (Å²) >= 11 is 6.11. The second-order valence-corrected chi connectivity index (χ2v) is 8.25. The van der Waals surface area contributed by atoms with Crippen LogP contribution in [-0.4, -0.2) is 40.8 Å². The molecule has 2 heterocycles. The molecule has 1 aromatic heterocycles. The summed E-state index contributed by atoms with van der Waals surface area (Å²) < 4.78 is 7.39. The molecule has 1 unspecified atom stereocenters. The first-order valence-electron chi connectivity index (χ1n) is 10.5. The number of carbonyl (C=O) groups excluding carboxylic acids is 1. The van der Waals surface area contributed by atoms with Gasteiger partial charge in [0, 0.05) is 37.8 Å². The number of rotatable bonds is 7. The van der Waals surface area contributed by atoms with Crippen molar-refractivity contribution >= 4 is 23.3 Å². The topological polar surface area (TPSA) is 59.4 Å². The molecule has 1 amide bonds. The van der Waals surface area contributed by atoms with Crippen LogP contribution in [0.1, 0.15) is 36.1 Å². The number of benzene rings is 2. The normalized spacial score (nSPS) is 16.2. The van der Waals surface area contributed by atoms with Crippen LogP contribution < -0.4 is 5.32 Å². The Morgan fingerprint density at radius 3 is 2.65 bits per heavy atom. The van der Waals surface area contributed by atoms with E-state index in [2.05, 4.69) is 21.4 Å². The third kappa shape index (κ3) is 5.34. The molecule has 3 aromatic rings. The molecule has 1 N–H and O–H groups in total. The Kier molecular flexibility index (Phi) is 7.02. The monoisotopic (exact) mass is 438 g/mol. The number of anilines is 1. The zero-order chi connectivity index (χ0) is 21.6. The number of methoxy groups -OCH3 is 1. The fourth-order valence-corrected chi connectivity index (χ4v) is 4.35. The number of hydrogen-bond donors (Lipinski definition) is 1. The lowest BCUT2D eigenvalue weighted by Crippen LogP contribution is -2.35. The lowest BCUT2D eigenvalue weighted by Gasteiger charge is -2.32. The summed E-state index contributed by atoms with van der Waals surface area (Å²) in [7, 11) is 1.55. The molecule has 6 nitrogen and oxygen atoms in total. The number of carbonyl (C=O) groups is 1. The summed E-state index contributed by atoms with van der Waals surface area (Å²) in [5.41, 5.74) is 2.05. The van der Waals surface area contributed by atoms with Gasteiger partial charge in [-0.3, -0.25) is 9.69 Å². The highest BCUT2D eigenvalue weighted by molar-refractivity contribution is 6.30. The fraction of sp³-hybridized carbons (Fsp3) is 0.333. The number of likely N-dealkylation sites (tertiary alicyclic amines) is 1. The zero-order valence-corrected chi connectivity index (χ0v) is 18.3. The molecule has 1 aliphatic heterocycles. The minimum absolute atomic E-state index is 0.200. The largest absolute Gasteiger partial charge is 0.367 e. The first kappa shape index (κ1) is 21.6. The Morgan fingerprint density at radius 2 is 1.94 bits per heavy atom. The molecular weight excluding hydrogens is 412 g/mol. The van der Waals surface area contributed by atoms with Gasteiger partial charge in [-0.1, -0.05) is 54.1 Å². The average molecular weight is 439 g/mol. The minimum atomic E-state index is -0.663. The van der Waals surface area contributed by atoms with Crippen LogP contribution in [0.5, 0.6) is 0 Å². The molecule has 162 valence electrons. The number of ether oxygens (including phenoxy) is 1. The van der Waals surface area contributed by atoms with Crippen LogP contribution in [0.3, 0.4) is 0 Å². The summed E-state index contributed by atoms with van der Waals surface area (Å²) in [6, 6.07) is 19.6.